The third-order valence-electron chi connectivity index (χ3n) is 1.55. The maximum atomic E-state index is 8.73. The van der Waals surface area contributed by atoms with Crippen molar-refractivity contribution >= 4 is 8.05 Å². The van der Waals surface area contributed by atoms with Crippen LogP contribution in [0.2, 0.25) is 0 Å². The Bertz CT molecular complexity index is 249. The molecule has 2 radical (unpaired) electrons. The van der Waals surface area contributed by atoms with Gasteiger partial charge in [-0.1, -0.05) is 13.8 Å². The quantitative estimate of drug-likeness (QED) is 0.768. The van der Waals surface area contributed by atoms with E-state index in [4.69, 9.17) is 17.9 Å². The van der Waals surface area contributed by atoms with Gasteiger partial charge in [0.2, 0.25) is 0 Å². The van der Waals surface area contributed by atoms with E-state index < -0.39 is 0 Å². The SMILES string of the molecule is CC.[B]Oc1ccc(OC(C)CO)cc1. The maximum Gasteiger partial charge on any atom is 0.374 e. The molecule has 0 aliphatic rings. The Morgan fingerprint density at radius 1 is 1.20 bits per heavy atom. The molecule has 0 amide bonds. The molecule has 1 unspecified atom stereocenters. The van der Waals surface area contributed by atoms with E-state index >= 15 is 0 Å². The number of rotatable bonds is 4. The summed E-state index contributed by atoms with van der Waals surface area (Å²) in [7, 11) is 4.95. The highest BCUT2D eigenvalue weighted by atomic mass is 16.5. The minimum Gasteiger partial charge on any atom is -0.568 e. The van der Waals surface area contributed by atoms with Crippen LogP contribution in [-0.4, -0.2) is 25.9 Å². The van der Waals surface area contributed by atoms with Gasteiger partial charge in [0, 0.05) is 0 Å². The van der Waals surface area contributed by atoms with Crippen LogP contribution < -0.4 is 9.39 Å². The number of aliphatic hydroxyl groups excluding tert-OH is 1. The van der Waals surface area contributed by atoms with Crippen molar-refractivity contribution in [3.8, 4) is 11.5 Å². The molecule has 0 aromatic heterocycles. The fraction of sp³-hybridized carbons (Fsp3) is 0.455. The number of hydrogen-bond acceptors (Lipinski definition) is 3. The molecular formula is C11H17BO3. The molecule has 1 atom stereocenters. The highest BCUT2D eigenvalue weighted by Crippen LogP contribution is 2.17. The van der Waals surface area contributed by atoms with Gasteiger partial charge in [0.05, 0.1) is 12.4 Å². The summed E-state index contributed by atoms with van der Waals surface area (Å²) in [5.74, 6) is 1.26. The predicted molar refractivity (Wildman–Crippen MR) is 61.3 cm³/mol. The topological polar surface area (TPSA) is 38.7 Å². The van der Waals surface area contributed by atoms with Crippen LogP contribution in [0.1, 0.15) is 20.8 Å². The minimum atomic E-state index is -0.204. The maximum absolute atomic E-state index is 8.73. The van der Waals surface area contributed by atoms with Crippen molar-refractivity contribution in [3.05, 3.63) is 24.3 Å². The summed E-state index contributed by atoms with van der Waals surface area (Å²) in [5.41, 5.74) is 0. The van der Waals surface area contributed by atoms with Gasteiger partial charge in [-0.2, -0.15) is 0 Å². The van der Waals surface area contributed by atoms with Crippen molar-refractivity contribution in [1.29, 1.82) is 0 Å². The average Bonchev–Trinajstić information content (AvgIpc) is 2.32. The molecule has 0 spiro atoms. The highest BCUT2D eigenvalue weighted by Gasteiger charge is 2.01. The third kappa shape index (κ3) is 5.32. The zero-order valence-corrected chi connectivity index (χ0v) is 9.43. The lowest BCUT2D eigenvalue weighted by molar-refractivity contribution is 0.129. The van der Waals surface area contributed by atoms with Crippen molar-refractivity contribution in [1.82, 2.24) is 0 Å². The Labute approximate surface area is 92.5 Å². The number of hydrogen-bond donors (Lipinski definition) is 1. The molecule has 1 aromatic carbocycles. The molecule has 82 valence electrons. The summed E-state index contributed by atoms with van der Waals surface area (Å²) < 4.78 is 9.81. The van der Waals surface area contributed by atoms with Crippen LogP contribution in [0, 0.1) is 0 Å². The van der Waals surface area contributed by atoms with E-state index in [-0.39, 0.29) is 12.7 Å². The Morgan fingerprint density at radius 3 is 2.07 bits per heavy atom. The molecule has 0 aliphatic carbocycles. The molecule has 15 heavy (non-hydrogen) atoms. The predicted octanol–water partition coefficient (Wildman–Crippen LogP) is 1.93. The molecule has 0 saturated heterocycles. The molecule has 0 saturated carbocycles. The second-order valence-electron chi connectivity index (χ2n) is 2.70. The summed E-state index contributed by atoms with van der Waals surface area (Å²) in [6.07, 6.45) is -0.204. The van der Waals surface area contributed by atoms with Gasteiger partial charge in [0.25, 0.3) is 0 Å². The zero-order valence-electron chi connectivity index (χ0n) is 9.43. The molecule has 0 fully saturated rings. The van der Waals surface area contributed by atoms with Crippen LogP contribution in [0.4, 0.5) is 0 Å². The van der Waals surface area contributed by atoms with Gasteiger partial charge < -0.3 is 14.5 Å². The summed E-state index contributed by atoms with van der Waals surface area (Å²) in [6, 6.07) is 6.85. The van der Waals surface area contributed by atoms with Crippen LogP contribution in [0.15, 0.2) is 24.3 Å². The van der Waals surface area contributed by atoms with Gasteiger partial charge in [-0.25, -0.2) is 0 Å². The molecule has 1 rings (SSSR count). The summed E-state index contributed by atoms with van der Waals surface area (Å²) in [4.78, 5) is 0. The summed E-state index contributed by atoms with van der Waals surface area (Å²) in [6.45, 7) is 5.78. The van der Waals surface area contributed by atoms with Crippen LogP contribution in [0.5, 0.6) is 11.5 Å². The Morgan fingerprint density at radius 2 is 1.67 bits per heavy atom. The fourth-order valence-corrected chi connectivity index (χ4v) is 0.866. The van der Waals surface area contributed by atoms with E-state index in [1.54, 1.807) is 31.2 Å². The Balaban J connectivity index is 0.000000921. The van der Waals surface area contributed by atoms with Gasteiger partial charge in [-0.3, -0.25) is 0 Å². The molecule has 0 bridgehead atoms. The van der Waals surface area contributed by atoms with Crippen molar-refractivity contribution in [2.24, 2.45) is 0 Å². The number of ether oxygens (including phenoxy) is 1. The van der Waals surface area contributed by atoms with E-state index in [1.165, 1.54) is 0 Å². The van der Waals surface area contributed by atoms with Crippen molar-refractivity contribution in [3.63, 3.8) is 0 Å². The second-order valence-corrected chi connectivity index (χ2v) is 2.70. The largest absolute Gasteiger partial charge is 0.568 e. The standard InChI is InChI=1S/C9H11BO3.C2H6/c1-7(6-11)12-8-2-4-9(13-10)5-3-8;1-2/h2-5,7,11H,6H2,1H3;1-2H3. The van der Waals surface area contributed by atoms with E-state index in [2.05, 4.69) is 4.65 Å². The van der Waals surface area contributed by atoms with E-state index in [1.807, 2.05) is 13.8 Å². The molecule has 1 aromatic rings. The molecular weight excluding hydrogens is 191 g/mol. The van der Waals surface area contributed by atoms with E-state index in [9.17, 15) is 0 Å². The first-order valence-electron chi connectivity index (χ1n) is 5.00. The first-order valence-corrected chi connectivity index (χ1v) is 5.00. The van der Waals surface area contributed by atoms with Crippen molar-refractivity contribution in [2.75, 3.05) is 6.61 Å². The Kier molecular flexibility index (Phi) is 7.55. The lowest BCUT2D eigenvalue weighted by atomic mass is 10.3. The zero-order chi connectivity index (χ0) is 11.7. The van der Waals surface area contributed by atoms with E-state index in [0.29, 0.717) is 11.5 Å². The van der Waals surface area contributed by atoms with Gasteiger partial charge >= 0.3 is 8.05 Å². The summed E-state index contributed by atoms with van der Waals surface area (Å²) >= 11 is 0. The summed E-state index contributed by atoms with van der Waals surface area (Å²) in [5, 5.41) is 8.73. The lowest BCUT2D eigenvalue weighted by Crippen LogP contribution is -2.15. The average molecular weight is 208 g/mol. The van der Waals surface area contributed by atoms with Gasteiger partial charge in [0.1, 0.15) is 11.9 Å². The fourth-order valence-electron chi connectivity index (χ4n) is 0.866. The number of benzene rings is 1. The molecule has 0 aliphatic heterocycles. The van der Waals surface area contributed by atoms with E-state index in [0.717, 1.165) is 0 Å². The van der Waals surface area contributed by atoms with Crippen molar-refractivity contribution in [2.45, 2.75) is 26.9 Å². The monoisotopic (exact) mass is 208 g/mol. The molecule has 0 heterocycles. The van der Waals surface area contributed by atoms with Crippen LogP contribution in [-0.2, 0) is 0 Å². The second kappa shape index (κ2) is 8.18. The van der Waals surface area contributed by atoms with Gasteiger partial charge in [-0.15, -0.1) is 0 Å². The lowest BCUT2D eigenvalue weighted by Gasteiger charge is -2.11. The molecule has 3 nitrogen and oxygen atoms in total. The Hall–Kier alpha value is -1.16. The molecule has 4 heteroatoms. The third-order valence-corrected chi connectivity index (χ3v) is 1.55. The van der Waals surface area contributed by atoms with Crippen LogP contribution in [0.3, 0.4) is 0 Å². The normalized spacial score (nSPS) is 10.9. The van der Waals surface area contributed by atoms with Gasteiger partial charge in [-0.05, 0) is 31.2 Å². The van der Waals surface area contributed by atoms with Crippen LogP contribution in [0.25, 0.3) is 0 Å². The first kappa shape index (κ1) is 13.8. The highest BCUT2D eigenvalue weighted by molar-refractivity contribution is 5.99. The van der Waals surface area contributed by atoms with Crippen LogP contribution >= 0.6 is 0 Å². The number of aliphatic hydroxyl groups is 1. The van der Waals surface area contributed by atoms with Crippen molar-refractivity contribution < 1.29 is 14.5 Å². The first-order chi connectivity index (χ1) is 7.26. The van der Waals surface area contributed by atoms with Gasteiger partial charge in [0.15, 0.2) is 0 Å². The smallest absolute Gasteiger partial charge is 0.374 e. The molecule has 1 N–H and O–H groups in total. The minimum absolute atomic E-state index is 0.00482.